The summed E-state index contributed by atoms with van der Waals surface area (Å²) in [5, 5.41) is 0. The van der Waals surface area contributed by atoms with E-state index in [4.69, 9.17) is 0 Å². The predicted octanol–water partition coefficient (Wildman–Crippen LogP) is 3.01. The van der Waals surface area contributed by atoms with Crippen molar-refractivity contribution in [2.45, 2.75) is 41.0 Å². The van der Waals surface area contributed by atoms with Gasteiger partial charge >= 0.3 is 0 Å². The fourth-order valence-electron chi connectivity index (χ4n) is 2.54. The number of likely N-dealkylation sites (tertiary alicyclic amines) is 1. The molecule has 0 spiro atoms. The molecule has 0 bridgehead atoms. The van der Waals surface area contributed by atoms with E-state index in [9.17, 15) is 0 Å². The third-order valence-corrected chi connectivity index (χ3v) is 4.40. The van der Waals surface area contributed by atoms with Gasteiger partial charge in [-0.1, -0.05) is 34.6 Å². The molecule has 13 heavy (non-hydrogen) atoms. The Morgan fingerprint density at radius 2 is 1.85 bits per heavy atom. The van der Waals surface area contributed by atoms with Gasteiger partial charge in [-0.05, 0) is 36.8 Å². The topological polar surface area (TPSA) is 3.24 Å². The lowest BCUT2D eigenvalue weighted by Crippen LogP contribution is -2.49. The number of nitrogens with zero attached hydrogens (tertiary/aromatic N) is 1. The van der Waals surface area contributed by atoms with Gasteiger partial charge in [-0.25, -0.2) is 0 Å². The monoisotopic (exact) mass is 183 g/mol. The maximum absolute atomic E-state index is 2.46. The number of rotatable bonds is 0. The Bertz CT molecular complexity index is 180. The van der Waals surface area contributed by atoms with Gasteiger partial charge in [0, 0.05) is 6.54 Å². The van der Waals surface area contributed by atoms with Crippen molar-refractivity contribution < 1.29 is 0 Å². The lowest BCUT2D eigenvalue weighted by atomic mass is 9.58. The summed E-state index contributed by atoms with van der Waals surface area (Å²) in [7, 11) is 2.23. The van der Waals surface area contributed by atoms with Crippen molar-refractivity contribution in [3.05, 3.63) is 0 Å². The molecule has 2 atom stereocenters. The predicted molar refractivity (Wildman–Crippen MR) is 58.8 cm³/mol. The van der Waals surface area contributed by atoms with Gasteiger partial charge in [-0.3, -0.25) is 0 Å². The molecule has 0 aromatic rings. The largest absolute Gasteiger partial charge is 0.306 e. The average molecular weight is 183 g/mol. The van der Waals surface area contributed by atoms with Crippen molar-refractivity contribution in [3.63, 3.8) is 0 Å². The van der Waals surface area contributed by atoms with Crippen LogP contribution in [-0.4, -0.2) is 25.0 Å². The van der Waals surface area contributed by atoms with E-state index >= 15 is 0 Å². The maximum Gasteiger partial charge on any atom is 0.000938 e. The number of hydrogen-bond donors (Lipinski definition) is 0. The lowest BCUT2D eigenvalue weighted by Gasteiger charge is -2.51. The zero-order chi connectivity index (χ0) is 10.3. The molecule has 0 N–H and O–H groups in total. The standard InChI is InChI=1S/C12H25N/c1-10-9-13(6)8-7-12(10,5)11(2,3)4/h10H,7-9H2,1-6H3/t10-,12+/m0/s1. The van der Waals surface area contributed by atoms with E-state index in [2.05, 4.69) is 46.6 Å². The van der Waals surface area contributed by atoms with Gasteiger partial charge in [0.25, 0.3) is 0 Å². The van der Waals surface area contributed by atoms with Gasteiger partial charge in [0.1, 0.15) is 0 Å². The maximum atomic E-state index is 2.46. The third kappa shape index (κ3) is 1.90. The average Bonchev–Trinajstić information content (AvgIpc) is 1.95. The van der Waals surface area contributed by atoms with E-state index in [1.165, 1.54) is 19.5 Å². The molecule has 1 aliphatic heterocycles. The molecule has 1 aliphatic rings. The van der Waals surface area contributed by atoms with E-state index in [0.717, 1.165) is 5.92 Å². The Balaban J connectivity index is 2.79. The van der Waals surface area contributed by atoms with Gasteiger partial charge < -0.3 is 4.90 Å². The van der Waals surface area contributed by atoms with Crippen LogP contribution in [0.1, 0.15) is 41.0 Å². The molecule has 1 heteroatoms. The molecule has 0 saturated carbocycles. The fraction of sp³-hybridized carbons (Fsp3) is 1.00. The molecular formula is C12H25N. The summed E-state index contributed by atoms with van der Waals surface area (Å²) in [6.07, 6.45) is 1.34. The van der Waals surface area contributed by atoms with Crippen LogP contribution in [0.4, 0.5) is 0 Å². The van der Waals surface area contributed by atoms with E-state index in [0.29, 0.717) is 10.8 Å². The summed E-state index contributed by atoms with van der Waals surface area (Å²) in [5.74, 6) is 0.811. The van der Waals surface area contributed by atoms with Crippen LogP contribution in [0.15, 0.2) is 0 Å². The minimum Gasteiger partial charge on any atom is -0.306 e. The second kappa shape index (κ2) is 3.27. The molecule has 1 saturated heterocycles. The highest BCUT2D eigenvalue weighted by molar-refractivity contribution is 4.94. The molecule has 1 fully saturated rings. The van der Waals surface area contributed by atoms with E-state index < -0.39 is 0 Å². The summed E-state index contributed by atoms with van der Waals surface area (Å²) in [5.41, 5.74) is 0.952. The van der Waals surface area contributed by atoms with E-state index in [-0.39, 0.29) is 0 Å². The zero-order valence-electron chi connectivity index (χ0n) is 10.1. The zero-order valence-corrected chi connectivity index (χ0v) is 10.1. The van der Waals surface area contributed by atoms with Crippen LogP contribution in [0.2, 0.25) is 0 Å². The fourth-order valence-corrected chi connectivity index (χ4v) is 2.54. The second-order valence-corrected chi connectivity index (χ2v) is 6.08. The van der Waals surface area contributed by atoms with Gasteiger partial charge in [-0.2, -0.15) is 0 Å². The summed E-state index contributed by atoms with van der Waals surface area (Å²) in [4.78, 5) is 2.46. The van der Waals surface area contributed by atoms with Gasteiger partial charge in [-0.15, -0.1) is 0 Å². The SMILES string of the molecule is C[C@H]1CN(C)CC[C@@]1(C)C(C)(C)C. The van der Waals surface area contributed by atoms with Crippen molar-refractivity contribution in [3.8, 4) is 0 Å². The Hall–Kier alpha value is -0.0400. The second-order valence-electron chi connectivity index (χ2n) is 6.08. The number of piperidine rings is 1. The van der Waals surface area contributed by atoms with Crippen molar-refractivity contribution in [1.29, 1.82) is 0 Å². The van der Waals surface area contributed by atoms with E-state index in [1.807, 2.05) is 0 Å². The van der Waals surface area contributed by atoms with Gasteiger partial charge in [0.2, 0.25) is 0 Å². The molecule has 0 unspecified atom stereocenters. The molecule has 0 aromatic carbocycles. The minimum atomic E-state index is 0.438. The number of hydrogen-bond acceptors (Lipinski definition) is 1. The van der Waals surface area contributed by atoms with Crippen LogP contribution in [0.3, 0.4) is 0 Å². The first-order valence-corrected chi connectivity index (χ1v) is 5.46. The van der Waals surface area contributed by atoms with Crippen molar-refractivity contribution in [2.75, 3.05) is 20.1 Å². The van der Waals surface area contributed by atoms with Crippen LogP contribution in [0.5, 0.6) is 0 Å². The van der Waals surface area contributed by atoms with Crippen molar-refractivity contribution in [2.24, 2.45) is 16.7 Å². The lowest BCUT2D eigenvalue weighted by molar-refractivity contribution is -0.0216. The molecule has 0 aliphatic carbocycles. The van der Waals surface area contributed by atoms with Crippen molar-refractivity contribution >= 4 is 0 Å². The first-order valence-electron chi connectivity index (χ1n) is 5.46. The highest BCUT2D eigenvalue weighted by atomic mass is 15.1. The molecular weight excluding hydrogens is 158 g/mol. The highest BCUT2D eigenvalue weighted by Gasteiger charge is 2.44. The summed E-state index contributed by atoms with van der Waals surface area (Å²) >= 11 is 0. The van der Waals surface area contributed by atoms with Crippen LogP contribution >= 0.6 is 0 Å². The van der Waals surface area contributed by atoms with Crippen molar-refractivity contribution in [1.82, 2.24) is 4.90 Å². The molecule has 0 aromatic heterocycles. The van der Waals surface area contributed by atoms with Gasteiger partial charge in [0.05, 0.1) is 0 Å². The molecule has 0 amide bonds. The van der Waals surface area contributed by atoms with Crippen LogP contribution in [0, 0.1) is 16.7 Å². The molecule has 1 heterocycles. The summed E-state index contributed by atoms with van der Waals surface area (Å²) in [6, 6.07) is 0. The third-order valence-electron chi connectivity index (χ3n) is 4.40. The van der Waals surface area contributed by atoms with Gasteiger partial charge in [0.15, 0.2) is 0 Å². The molecule has 1 nitrogen and oxygen atoms in total. The van der Waals surface area contributed by atoms with E-state index in [1.54, 1.807) is 0 Å². The molecule has 1 rings (SSSR count). The smallest absolute Gasteiger partial charge is 0.000938 e. The summed E-state index contributed by atoms with van der Waals surface area (Å²) < 4.78 is 0. The minimum absolute atomic E-state index is 0.438. The normalized spacial score (nSPS) is 37.8. The Kier molecular flexibility index (Phi) is 2.78. The Morgan fingerprint density at radius 3 is 2.23 bits per heavy atom. The summed E-state index contributed by atoms with van der Waals surface area (Å²) in [6.45, 7) is 14.5. The Labute approximate surface area is 83.5 Å². The van der Waals surface area contributed by atoms with Crippen LogP contribution < -0.4 is 0 Å². The Morgan fingerprint density at radius 1 is 1.31 bits per heavy atom. The first-order chi connectivity index (χ1) is 5.77. The van der Waals surface area contributed by atoms with Crippen LogP contribution in [0.25, 0.3) is 0 Å². The van der Waals surface area contributed by atoms with Crippen LogP contribution in [-0.2, 0) is 0 Å². The first kappa shape index (κ1) is 11.0. The molecule has 0 radical (unpaired) electrons. The highest BCUT2D eigenvalue weighted by Crippen LogP contribution is 2.49. The quantitative estimate of drug-likeness (QED) is 0.558. The molecule has 78 valence electrons.